The van der Waals surface area contributed by atoms with Crippen LogP contribution in [0.2, 0.25) is 5.02 Å². The van der Waals surface area contributed by atoms with Crippen LogP contribution >= 0.6 is 11.6 Å². The minimum atomic E-state index is -0.483. The number of carbonyl (C=O) groups is 2. The van der Waals surface area contributed by atoms with Crippen LogP contribution in [0.15, 0.2) is 96.1 Å². The van der Waals surface area contributed by atoms with E-state index in [0.29, 0.717) is 34.2 Å². The van der Waals surface area contributed by atoms with Gasteiger partial charge in [-0.25, -0.2) is 10.2 Å². The molecule has 0 atom stereocenters. The minimum Gasteiger partial charge on any atom is -0.490 e. The van der Waals surface area contributed by atoms with Crippen LogP contribution < -0.4 is 14.9 Å². The van der Waals surface area contributed by atoms with Gasteiger partial charge in [0.25, 0.3) is 5.91 Å². The number of hydrazone groups is 1. The van der Waals surface area contributed by atoms with Gasteiger partial charge in [-0.2, -0.15) is 5.10 Å². The number of fused-ring (bicyclic) bond motifs is 1. The standard InChI is InChI=1S/C32H26ClN3O4/c1-3-39-28-17-21(11-16-27(28)40-32(38)23-12-9-20(2)10-13-23)19-34-36-31(37)30-29(22-7-5-4-6-8-22)25-18-24(33)14-15-26(25)35-30/h4-19,35H,3H2,1-2H3,(H,36,37). The molecule has 5 rings (SSSR count). The van der Waals surface area contributed by atoms with Gasteiger partial charge in [0, 0.05) is 21.5 Å². The maximum atomic E-state index is 13.2. The lowest BCUT2D eigenvalue weighted by molar-refractivity contribution is 0.0728. The quantitative estimate of drug-likeness (QED) is 0.0924. The van der Waals surface area contributed by atoms with Crippen LogP contribution in [-0.4, -0.2) is 29.7 Å². The zero-order valence-corrected chi connectivity index (χ0v) is 22.7. The van der Waals surface area contributed by atoms with Crippen LogP contribution in [0.3, 0.4) is 0 Å². The van der Waals surface area contributed by atoms with Crippen molar-refractivity contribution in [2.24, 2.45) is 5.10 Å². The third-order valence-corrected chi connectivity index (χ3v) is 6.42. The van der Waals surface area contributed by atoms with Gasteiger partial charge >= 0.3 is 5.97 Å². The molecule has 7 nitrogen and oxygen atoms in total. The Morgan fingerprint density at radius 2 is 1.73 bits per heavy atom. The lowest BCUT2D eigenvalue weighted by Gasteiger charge is -2.11. The Labute approximate surface area is 236 Å². The van der Waals surface area contributed by atoms with Crippen molar-refractivity contribution in [3.8, 4) is 22.6 Å². The smallest absolute Gasteiger partial charge is 0.343 e. The molecule has 200 valence electrons. The number of nitrogens with one attached hydrogen (secondary N) is 2. The highest BCUT2D eigenvalue weighted by Crippen LogP contribution is 2.34. The lowest BCUT2D eigenvalue weighted by Crippen LogP contribution is -2.18. The van der Waals surface area contributed by atoms with Gasteiger partial charge < -0.3 is 14.5 Å². The second-order valence-corrected chi connectivity index (χ2v) is 9.46. The largest absolute Gasteiger partial charge is 0.490 e. The topological polar surface area (TPSA) is 92.8 Å². The highest BCUT2D eigenvalue weighted by atomic mass is 35.5. The number of benzene rings is 4. The molecular weight excluding hydrogens is 526 g/mol. The Kier molecular flexibility index (Phi) is 7.94. The van der Waals surface area contributed by atoms with E-state index in [9.17, 15) is 9.59 Å². The Hall–Kier alpha value is -4.88. The number of aryl methyl sites for hydroxylation is 1. The molecule has 0 aliphatic rings. The van der Waals surface area contributed by atoms with Gasteiger partial charge in [-0.15, -0.1) is 0 Å². The van der Waals surface area contributed by atoms with Crippen molar-refractivity contribution in [2.45, 2.75) is 13.8 Å². The summed E-state index contributed by atoms with van der Waals surface area (Å²) in [6.45, 7) is 4.16. The third-order valence-electron chi connectivity index (χ3n) is 6.19. The van der Waals surface area contributed by atoms with Gasteiger partial charge in [-0.3, -0.25) is 4.79 Å². The number of esters is 1. The van der Waals surface area contributed by atoms with Crippen molar-refractivity contribution in [3.63, 3.8) is 0 Å². The Bertz CT molecular complexity index is 1710. The summed E-state index contributed by atoms with van der Waals surface area (Å²) in [5.41, 5.74) is 7.50. The Morgan fingerprint density at radius 3 is 2.48 bits per heavy atom. The number of nitrogens with zero attached hydrogens (tertiary/aromatic N) is 1. The number of hydrogen-bond donors (Lipinski definition) is 2. The van der Waals surface area contributed by atoms with Gasteiger partial charge in [0.2, 0.25) is 0 Å². The molecule has 0 aliphatic carbocycles. The van der Waals surface area contributed by atoms with Crippen molar-refractivity contribution in [1.29, 1.82) is 0 Å². The van der Waals surface area contributed by atoms with E-state index in [1.165, 1.54) is 6.21 Å². The minimum absolute atomic E-state index is 0.290. The molecule has 2 N–H and O–H groups in total. The van der Waals surface area contributed by atoms with Crippen LogP contribution in [-0.2, 0) is 0 Å². The van der Waals surface area contributed by atoms with Crippen molar-refractivity contribution < 1.29 is 19.1 Å². The van der Waals surface area contributed by atoms with E-state index in [-0.39, 0.29) is 5.75 Å². The van der Waals surface area contributed by atoms with E-state index in [4.69, 9.17) is 21.1 Å². The zero-order valence-electron chi connectivity index (χ0n) is 21.9. The fraction of sp³-hybridized carbons (Fsp3) is 0.0938. The number of halogens is 1. The van der Waals surface area contributed by atoms with Crippen LogP contribution in [0.5, 0.6) is 11.5 Å². The third kappa shape index (κ3) is 5.90. The molecular formula is C32H26ClN3O4. The molecule has 0 bridgehead atoms. The zero-order chi connectivity index (χ0) is 28.1. The molecule has 40 heavy (non-hydrogen) atoms. The number of amides is 1. The molecule has 0 spiro atoms. The monoisotopic (exact) mass is 551 g/mol. The van der Waals surface area contributed by atoms with Crippen molar-refractivity contribution >= 4 is 40.6 Å². The number of aromatic amines is 1. The summed E-state index contributed by atoms with van der Waals surface area (Å²) >= 11 is 6.25. The van der Waals surface area contributed by atoms with Crippen LogP contribution in [0.25, 0.3) is 22.0 Å². The number of ether oxygens (including phenoxy) is 2. The van der Waals surface area contributed by atoms with Crippen LogP contribution in [0.1, 0.15) is 38.9 Å². The highest BCUT2D eigenvalue weighted by molar-refractivity contribution is 6.31. The van der Waals surface area contributed by atoms with E-state index >= 15 is 0 Å². The van der Waals surface area contributed by atoms with Gasteiger partial charge in [-0.05, 0) is 73.5 Å². The molecule has 0 fully saturated rings. The van der Waals surface area contributed by atoms with Crippen LogP contribution in [0, 0.1) is 6.92 Å². The first-order valence-electron chi connectivity index (χ1n) is 12.7. The van der Waals surface area contributed by atoms with E-state index in [1.807, 2.05) is 68.4 Å². The maximum absolute atomic E-state index is 13.2. The summed E-state index contributed by atoms with van der Waals surface area (Å²) in [4.78, 5) is 29.0. The van der Waals surface area contributed by atoms with Crippen molar-refractivity contribution in [3.05, 3.63) is 118 Å². The van der Waals surface area contributed by atoms with Gasteiger partial charge in [0.05, 0.1) is 18.4 Å². The molecule has 0 saturated carbocycles. The lowest BCUT2D eigenvalue weighted by atomic mass is 10.0. The average molecular weight is 552 g/mol. The SMILES string of the molecule is CCOc1cc(C=NNC(=O)c2[nH]c3ccc(Cl)cc3c2-c2ccccc2)ccc1OC(=O)c1ccc(C)cc1. The average Bonchev–Trinajstić information content (AvgIpc) is 3.34. The van der Waals surface area contributed by atoms with Crippen molar-refractivity contribution in [2.75, 3.05) is 6.61 Å². The highest BCUT2D eigenvalue weighted by Gasteiger charge is 2.19. The fourth-order valence-electron chi connectivity index (χ4n) is 4.27. The fourth-order valence-corrected chi connectivity index (χ4v) is 4.44. The van der Waals surface area contributed by atoms with E-state index in [0.717, 1.165) is 27.6 Å². The van der Waals surface area contributed by atoms with E-state index in [1.54, 1.807) is 36.4 Å². The second-order valence-electron chi connectivity index (χ2n) is 9.02. The molecule has 8 heteroatoms. The molecule has 0 unspecified atom stereocenters. The molecule has 1 aromatic heterocycles. The molecule has 5 aromatic rings. The number of aromatic nitrogens is 1. The Balaban J connectivity index is 1.35. The number of carbonyl (C=O) groups excluding carboxylic acids is 2. The summed E-state index contributed by atoms with van der Waals surface area (Å²) in [5.74, 6) is -0.213. The first-order valence-corrected chi connectivity index (χ1v) is 13.1. The molecule has 1 heterocycles. The summed E-state index contributed by atoms with van der Waals surface area (Å²) in [6.07, 6.45) is 1.49. The number of hydrogen-bond acceptors (Lipinski definition) is 5. The van der Waals surface area contributed by atoms with E-state index in [2.05, 4.69) is 15.5 Å². The predicted octanol–water partition coefficient (Wildman–Crippen LogP) is 7.18. The normalized spacial score (nSPS) is 11.1. The summed E-state index contributed by atoms with van der Waals surface area (Å²) in [5, 5.41) is 5.57. The van der Waals surface area contributed by atoms with Gasteiger partial charge in [0.1, 0.15) is 5.69 Å². The van der Waals surface area contributed by atoms with Crippen LogP contribution in [0.4, 0.5) is 0 Å². The van der Waals surface area contributed by atoms with Crippen molar-refractivity contribution in [1.82, 2.24) is 10.4 Å². The summed E-state index contributed by atoms with van der Waals surface area (Å²) < 4.78 is 11.3. The second kappa shape index (κ2) is 11.9. The first-order chi connectivity index (χ1) is 19.4. The van der Waals surface area contributed by atoms with Gasteiger partial charge in [0.15, 0.2) is 11.5 Å². The molecule has 0 saturated heterocycles. The molecule has 0 aliphatic heterocycles. The number of H-pyrrole nitrogens is 1. The molecule has 1 amide bonds. The summed E-state index contributed by atoms with van der Waals surface area (Å²) in [7, 11) is 0. The molecule has 0 radical (unpaired) electrons. The summed E-state index contributed by atoms with van der Waals surface area (Å²) in [6, 6.07) is 27.2. The van der Waals surface area contributed by atoms with Gasteiger partial charge in [-0.1, -0.05) is 59.6 Å². The number of rotatable bonds is 8. The predicted molar refractivity (Wildman–Crippen MR) is 158 cm³/mol. The van der Waals surface area contributed by atoms with E-state index < -0.39 is 11.9 Å². The molecule has 4 aromatic carbocycles. The maximum Gasteiger partial charge on any atom is 0.343 e. The first kappa shape index (κ1) is 26.7. The Morgan fingerprint density at radius 1 is 0.950 bits per heavy atom.